The lowest BCUT2D eigenvalue weighted by atomic mass is 10.1. The summed E-state index contributed by atoms with van der Waals surface area (Å²) in [5.74, 6) is 0.679. The number of fused-ring (bicyclic) bond motifs is 1. The highest BCUT2D eigenvalue weighted by molar-refractivity contribution is 7.99. The molecule has 1 aliphatic heterocycles. The molecule has 1 amide bonds. The van der Waals surface area contributed by atoms with Gasteiger partial charge >= 0.3 is 6.18 Å². The maximum absolute atomic E-state index is 12.9. The van der Waals surface area contributed by atoms with E-state index in [1.54, 1.807) is 29.1 Å². The molecule has 4 rings (SSSR count). The Labute approximate surface area is 157 Å². The number of halogens is 3. The van der Waals surface area contributed by atoms with Gasteiger partial charge in [-0.15, -0.1) is 11.8 Å². The normalized spacial score (nSPS) is 14.1. The SMILES string of the molecule is O=C(c1ccc(-c2cccc(C(F)(F)F)c2)o1)N1CCSc2ccncc21. The van der Waals surface area contributed by atoms with E-state index in [1.807, 2.05) is 6.07 Å². The molecule has 3 heterocycles. The summed E-state index contributed by atoms with van der Waals surface area (Å²) in [5, 5.41) is 0. The minimum Gasteiger partial charge on any atom is -0.451 e. The Balaban J connectivity index is 1.63. The van der Waals surface area contributed by atoms with E-state index < -0.39 is 11.7 Å². The topological polar surface area (TPSA) is 46.3 Å². The van der Waals surface area contributed by atoms with E-state index in [1.165, 1.54) is 24.3 Å². The zero-order valence-electron chi connectivity index (χ0n) is 13.9. The van der Waals surface area contributed by atoms with Crippen LogP contribution in [-0.4, -0.2) is 23.2 Å². The third-order valence-electron chi connectivity index (χ3n) is 4.16. The molecule has 1 aromatic carbocycles. The second kappa shape index (κ2) is 6.77. The molecule has 0 saturated heterocycles. The van der Waals surface area contributed by atoms with Crippen LogP contribution in [0.25, 0.3) is 11.3 Å². The molecule has 3 aromatic rings. The monoisotopic (exact) mass is 390 g/mol. The average molecular weight is 390 g/mol. The van der Waals surface area contributed by atoms with Crippen molar-refractivity contribution < 1.29 is 22.4 Å². The van der Waals surface area contributed by atoms with Gasteiger partial charge in [-0.2, -0.15) is 13.2 Å². The van der Waals surface area contributed by atoms with Crippen molar-refractivity contribution >= 4 is 23.4 Å². The molecule has 0 unspecified atom stereocenters. The van der Waals surface area contributed by atoms with Crippen LogP contribution in [-0.2, 0) is 6.18 Å². The van der Waals surface area contributed by atoms with Crippen molar-refractivity contribution in [2.75, 3.05) is 17.2 Å². The van der Waals surface area contributed by atoms with Crippen LogP contribution in [0.4, 0.5) is 18.9 Å². The van der Waals surface area contributed by atoms with Crippen LogP contribution in [0.5, 0.6) is 0 Å². The zero-order chi connectivity index (χ0) is 19.0. The summed E-state index contributed by atoms with van der Waals surface area (Å²) in [6, 6.07) is 9.65. The minimum atomic E-state index is -4.44. The molecule has 0 N–H and O–H groups in total. The van der Waals surface area contributed by atoms with Crippen LogP contribution in [0, 0.1) is 0 Å². The summed E-state index contributed by atoms with van der Waals surface area (Å²) >= 11 is 1.64. The Morgan fingerprint density at radius 3 is 2.85 bits per heavy atom. The molecular formula is C19H13F3N2O2S. The fourth-order valence-corrected chi connectivity index (χ4v) is 3.83. The second-order valence-electron chi connectivity index (χ2n) is 5.89. The molecular weight excluding hydrogens is 377 g/mol. The fourth-order valence-electron chi connectivity index (χ4n) is 2.87. The van der Waals surface area contributed by atoms with E-state index >= 15 is 0 Å². The molecule has 138 valence electrons. The van der Waals surface area contributed by atoms with Gasteiger partial charge in [-0.25, -0.2) is 0 Å². The Hall–Kier alpha value is -2.74. The van der Waals surface area contributed by atoms with Crippen molar-refractivity contribution in [1.82, 2.24) is 4.98 Å². The van der Waals surface area contributed by atoms with Gasteiger partial charge in [0.25, 0.3) is 5.91 Å². The first kappa shape index (κ1) is 17.7. The van der Waals surface area contributed by atoms with Gasteiger partial charge in [-0.05, 0) is 30.3 Å². The summed E-state index contributed by atoms with van der Waals surface area (Å²) in [4.78, 5) is 19.4. The largest absolute Gasteiger partial charge is 0.451 e. The first-order valence-electron chi connectivity index (χ1n) is 8.09. The van der Waals surface area contributed by atoms with Gasteiger partial charge in [0.2, 0.25) is 0 Å². The fraction of sp³-hybridized carbons (Fsp3) is 0.158. The molecule has 2 aromatic heterocycles. The molecule has 4 nitrogen and oxygen atoms in total. The lowest BCUT2D eigenvalue weighted by Gasteiger charge is -2.27. The van der Waals surface area contributed by atoms with Crippen LogP contribution in [0.1, 0.15) is 16.1 Å². The predicted molar refractivity (Wildman–Crippen MR) is 95.8 cm³/mol. The summed E-state index contributed by atoms with van der Waals surface area (Å²) in [7, 11) is 0. The highest BCUT2D eigenvalue weighted by Crippen LogP contribution is 2.36. The lowest BCUT2D eigenvalue weighted by Crippen LogP contribution is -2.35. The molecule has 0 spiro atoms. The van der Waals surface area contributed by atoms with Crippen molar-refractivity contribution in [3.63, 3.8) is 0 Å². The quantitative estimate of drug-likeness (QED) is 0.610. The van der Waals surface area contributed by atoms with Crippen molar-refractivity contribution in [3.8, 4) is 11.3 Å². The molecule has 0 radical (unpaired) electrons. The van der Waals surface area contributed by atoms with Crippen LogP contribution in [0.15, 0.2) is 64.2 Å². The maximum atomic E-state index is 12.9. The van der Waals surface area contributed by atoms with Crippen LogP contribution >= 0.6 is 11.8 Å². The first-order chi connectivity index (χ1) is 12.9. The summed E-state index contributed by atoms with van der Waals surface area (Å²) in [5.41, 5.74) is 0.202. The van der Waals surface area contributed by atoms with Crippen LogP contribution in [0.3, 0.4) is 0 Å². The number of hydrogen-bond acceptors (Lipinski definition) is 4. The molecule has 0 aliphatic carbocycles. The Morgan fingerprint density at radius 2 is 2.04 bits per heavy atom. The van der Waals surface area contributed by atoms with E-state index in [2.05, 4.69) is 4.98 Å². The summed E-state index contributed by atoms with van der Waals surface area (Å²) in [6.45, 7) is 0.502. The number of aromatic nitrogens is 1. The van der Waals surface area contributed by atoms with Crippen LogP contribution in [0.2, 0.25) is 0 Å². The number of carbonyl (C=O) groups is 1. The first-order valence-corrected chi connectivity index (χ1v) is 9.08. The number of nitrogens with zero attached hydrogens (tertiary/aromatic N) is 2. The Kier molecular flexibility index (Phi) is 4.43. The smallest absolute Gasteiger partial charge is 0.416 e. The number of benzene rings is 1. The molecule has 0 bridgehead atoms. The van der Waals surface area contributed by atoms with E-state index in [0.29, 0.717) is 12.2 Å². The van der Waals surface area contributed by atoms with E-state index in [-0.39, 0.29) is 23.0 Å². The number of hydrogen-bond donors (Lipinski definition) is 0. The maximum Gasteiger partial charge on any atom is 0.416 e. The number of rotatable bonds is 2. The van der Waals surface area contributed by atoms with Crippen molar-refractivity contribution in [3.05, 3.63) is 66.2 Å². The third-order valence-corrected chi connectivity index (χ3v) is 5.20. The molecule has 1 aliphatic rings. The Bertz CT molecular complexity index is 1000. The molecule has 8 heteroatoms. The number of thioether (sulfide) groups is 1. The standard InChI is InChI=1S/C19H13F3N2O2S/c20-19(21,22)13-3-1-2-12(10-13)15-4-5-16(26-15)18(25)24-8-9-27-17-6-7-23-11-14(17)24/h1-7,10-11H,8-9H2. The third kappa shape index (κ3) is 3.44. The Morgan fingerprint density at radius 1 is 1.19 bits per heavy atom. The minimum absolute atomic E-state index is 0.0733. The zero-order valence-corrected chi connectivity index (χ0v) is 14.7. The summed E-state index contributed by atoms with van der Waals surface area (Å²) < 4.78 is 44.3. The van der Waals surface area contributed by atoms with Crippen molar-refractivity contribution in [1.29, 1.82) is 0 Å². The number of pyridine rings is 1. The number of alkyl halides is 3. The predicted octanol–water partition coefficient (Wildman–Crippen LogP) is 5.11. The highest BCUT2D eigenvalue weighted by atomic mass is 32.2. The van der Waals surface area contributed by atoms with Gasteiger partial charge in [0.15, 0.2) is 5.76 Å². The number of furan rings is 1. The van der Waals surface area contributed by atoms with Gasteiger partial charge in [0.05, 0.1) is 17.4 Å². The highest BCUT2D eigenvalue weighted by Gasteiger charge is 2.31. The van der Waals surface area contributed by atoms with Crippen molar-refractivity contribution in [2.24, 2.45) is 0 Å². The molecule has 0 fully saturated rings. The van der Waals surface area contributed by atoms with Gasteiger partial charge in [-0.3, -0.25) is 9.78 Å². The van der Waals surface area contributed by atoms with Gasteiger partial charge in [0, 0.05) is 29.0 Å². The summed E-state index contributed by atoms with van der Waals surface area (Å²) in [6.07, 6.45) is -1.15. The van der Waals surface area contributed by atoms with E-state index in [0.717, 1.165) is 22.8 Å². The number of carbonyl (C=O) groups excluding carboxylic acids is 1. The average Bonchev–Trinajstić information content (AvgIpc) is 3.17. The van der Waals surface area contributed by atoms with E-state index in [4.69, 9.17) is 4.42 Å². The lowest BCUT2D eigenvalue weighted by molar-refractivity contribution is -0.137. The molecule has 0 saturated carbocycles. The number of anilines is 1. The molecule has 0 atom stereocenters. The van der Waals surface area contributed by atoms with Gasteiger partial charge in [-0.1, -0.05) is 12.1 Å². The van der Waals surface area contributed by atoms with Crippen molar-refractivity contribution in [2.45, 2.75) is 11.1 Å². The second-order valence-corrected chi connectivity index (χ2v) is 7.03. The van der Waals surface area contributed by atoms with Crippen LogP contribution < -0.4 is 4.90 Å². The van der Waals surface area contributed by atoms with Gasteiger partial charge in [0.1, 0.15) is 5.76 Å². The van der Waals surface area contributed by atoms with E-state index in [9.17, 15) is 18.0 Å². The van der Waals surface area contributed by atoms with Gasteiger partial charge < -0.3 is 9.32 Å². The number of amides is 1. The molecule has 27 heavy (non-hydrogen) atoms.